The average molecular weight is 246 g/mol. The average Bonchev–Trinajstić information content (AvgIpc) is 2.17. The van der Waals surface area contributed by atoms with E-state index in [2.05, 4.69) is 11.6 Å². The molecule has 2 atom stereocenters. The molecule has 1 amide bonds. The third kappa shape index (κ3) is 4.38. The van der Waals surface area contributed by atoms with Gasteiger partial charge in [0.1, 0.15) is 0 Å². The van der Waals surface area contributed by atoms with Gasteiger partial charge in [-0.2, -0.15) is 11.8 Å². The number of nitrogens with two attached hydrogens (primary N) is 1. The van der Waals surface area contributed by atoms with Gasteiger partial charge in [-0.3, -0.25) is 4.79 Å². The van der Waals surface area contributed by atoms with Crippen LogP contribution in [-0.4, -0.2) is 28.4 Å². The monoisotopic (exact) mass is 246 g/mol. The fourth-order valence-corrected chi connectivity index (χ4v) is 3.03. The summed E-state index contributed by atoms with van der Waals surface area (Å²) in [6.07, 6.45) is 7.02. The normalized spacial score (nSPS) is 25.9. The zero-order valence-electron chi connectivity index (χ0n) is 8.99. The maximum Gasteiger partial charge on any atom is 0.227 e. The van der Waals surface area contributed by atoms with Crippen molar-refractivity contribution in [1.82, 2.24) is 5.32 Å². The summed E-state index contributed by atoms with van der Waals surface area (Å²) < 4.78 is 0. The van der Waals surface area contributed by atoms with Crippen molar-refractivity contribution < 1.29 is 4.79 Å². The van der Waals surface area contributed by atoms with Gasteiger partial charge in [0.2, 0.25) is 5.91 Å². The second-order valence-corrected chi connectivity index (χ2v) is 5.48. The summed E-state index contributed by atoms with van der Waals surface area (Å²) in [5.74, 6) is -0.0338. The van der Waals surface area contributed by atoms with Crippen LogP contribution in [0.3, 0.4) is 0 Å². The molecule has 0 aliphatic heterocycles. The lowest BCUT2D eigenvalue weighted by Gasteiger charge is -2.30. The second-order valence-electron chi connectivity index (χ2n) is 3.88. The van der Waals surface area contributed by atoms with Crippen LogP contribution in [0.15, 0.2) is 0 Å². The van der Waals surface area contributed by atoms with Gasteiger partial charge in [-0.15, -0.1) is 0 Å². The number of rotatable bonds is 4. The minimum atomic E-state index is -0.0338. The highest BCUT2D eigenvalue weighted by Crippen LogP contribution is 2.27. The lowest BCUT2D eigenvalue weighted by molar-refractivity contribution is -0.120. The van der Waals surface area contributed by atoms with Crippen molar-refractivity contribution in [1.29, 1.82) is 0 Å². The van der Waals surface area contributed by atoms with Gasteiger partial charge < -0.3 is 11.1 Å². The number of hydrogen-bond acceptors (Lipinski definition) is 3. The first-order valence-electron chi connectivity index (χ1n) is 5.24. The molecule has 86 valence electrons. The van der Waals surface area contributed by atoms with Crippen molar-refractivity contribution in [2.75, 3.05) is 6.26 Å². The number of thiocarbonyl (C=S) groups is 1. The number of nitrogens with one attached hydrogen (secondary N) is 1. The van der Waals surface area contributed by atoms with Gasteiger partial charge in [0.25, 0.3) is 0 Å². The lowest BCUT2D eigenvalue weighted by atomic mass is 9.95. The maximum atomic E-state index is 11.5. The first-order valence-corrected chi connectivity index (χ1v) is 6.93. The highest BCUT2D eigenvalue weighted by molar-refractivity contribution is 7.99. The number of thioether (sulfide) groups is 1. The van der Waals surface area contributed by atoms with Crippen LogP contribution in [-0.2, 0) is 4.79 Å². The van der Waals surface area contributed by atoms with Crippen molar-refractivity contribution in [3.63, 3.8) is 0 Å². The summed E-state index contributed by atoms with van der Waals surface area (Å²) >= 11 is 6.54. The molecule has 1 fully saturated rings. The van der Waals surface area contributed by atoms with Crippen LogP contribution in [0, 0.1) is 0 Å². The van der Waals surface area contributed by atoms with Crippen molar-refractivity contribution in [3.8, 4) is 0 Å². The van der Waals surface area contributed by atoms with Crippen molar-refractivity contribution in [3.05, 3.63) is 0 Å². The summed E-state index contributed by atoms with van der Waals surface area (Å²) in [4.78, 5) is 11.8. The number of amides is 1. The zero-order chi connectivity index (χ0) is 11.3. The molecule has 3 N–H and O–H groups in total. The summed E-state index contributed by atoms with van der Waals surface area (Å²) in [5, 5.41) is 3.57. The molecule has 0 aromatic carbocycles. The minimum Gasteiger partial charge on any atom is -0.393 e. The van der Waals surface area contributed by atoms with E-state index in [0.717, 1.165) is 6.42 Å². The third-order valence-electron chi connectivity index (χ3n) is 2.69. The quantitative estimate of drug-likeness (QED) is 0.737. The van der Waals surface area contributed by atoms with E-state index in [1.54, 1.807) is 0 Å². The number of carbonyl (C=O) groups is 1. The van der Waals surface area contributed by atoms with E-state index in [4.69, 9.17) is 18.0 Å². The Kier molecular flexibility index (Phi) is 5.39. The Morgan fingerprint density at radius 2 is 2.20 bits per heavy atom. The Morgan fingerprint density at radius 3 is 2.80 bits per heavy atom. The molecular formula is C10H18N2OS2. The lowest BCUT2D eigenvalue weighted by Crippen LogP contribution is -2.44. The van der Waals surface area contributed by atoms with E-state index in [0.29, 0.717) is 11.3 Å². The molecule has 1 rings (SSSR count). The summed E-state index contributed by atoms with van der Waals surface area (Å²) in [5.41, 5.74) is 5.33. The van der Waals surface area contributed by atoms with Gasteiger partial charge in [-0.05, 0) is 19.1 Å². The molecule has 0 aromatic rings. The van der Waals surface area contributed by atoms with Crippen LogP contribution < -0.4 is 11.1 Å². The fraction of sp³-hybridized carbons (Fsp3) is 0.800. The minimum absolute atomic E-state index is 0.0338. The Hall–Kier alpha value is -0.290. The molecule has 1 aliphatic rings. The number of hydrogen-bond donors (Lipinski definition) is 2. The topological polar surface area (TPSA) is 55.1 Å². The van der Waals surface area contributed by atoms with E-state index >= 15 is 0 Å². The molecule has 1 saturated carbocycles. The standard InChI is InChI=1S/C10H18N2OS2/c1-15-8-5-3-2-4-7(8)12-10(13)6-9(11)14/h7-8H,2-6H2,1H3,(H2,11,14)(H,12,13). The SMILES string of the molecule is CSC1CCCCC1NC(=O)CC(N)=S. The molecule has 0 bridgehead atoms. The van der Waals surface area contributed by atoms with E-state index in [-0.39, 0.29) is 17.3 Å². The van der Waals surface area contributed by atoms with E-state index < -0.39 is 0 Å². The number of carbonyl (C=O) groups excluding carboxylic acids is 1. The first kappa shape index (κ1) is 12.8. The van der Waals surface area contributed by atoms with Gasteiger partial charge in [0, 0.05) is 11.3 Å². The highest BCUT2D eigenvalue weighted by atomic mass is 32.2. The van der Waals surface area contributed by atoms with Gasteiger partial charge in [0.05, 0.1) is 11.4 Å². The Labute approximate surface area is 101 Å². The molecule has 1 aliphatic carbocycles. The van der Waals surface area contributed by atoms with Crippen LogP contribution in [0.5, 0.6) is 0 Å². The van der Waals surface area contributed by atoms with Gasteiger partial charge in [-0.25, -0.2) is 0 Å². The van der Waals surface area contributed by atoms with E-state index in [9.17, 15) is 4.79 Å². The molecular weight excluding hydrogens is 228 g/mol. The largest absolute Gasteiger partial charge is 0.393 e. The highest BCUT2D eigenvalue weighted by Gasteiger charge is 2.25. The molecule has 3 nitrogen and oxygen atoms in total. The smallest absolute Gasteiger partial charge is 0.227 e. The van der Waals surface area contributed by atoms with E-state index in [1.807, 2.05) is 11.8 Å². The Balaban J connectivity index is 2.40. The zero-order valence-corrected chi connectivity index (χ0v) is 10.6. The summed E-state index contributed by atoms with van der Waals surface area (Å²) in [6.45, 7) is 0. The molecule has 0 aromatic heterocycles. The van der Waals surface area contributed by atoms with Crippen LogP contribution >= 0.6 is 24.0 Å². The molecule has 5 heteroatoms. The van der Waals surface area contributed by atoms with Crippen LogP contribution in [0.25, 0.3) is 0 Å². The molecule has 15 heavy (non-hydrogen) atoms. The van der Waals surface area contributed by atoms with Crippen molar-refractivity contribution >= 4 is 34.9 Å². The Morgan fingerprint density at radius 1 is 1.53 bits per heavy atom. The Bertz CT molecular complexity index is 246. The van der Waals surface area contributed by atoms with Gasteiger partial charge in [0.15, 0.2) is 0 Å². The predicted octanol–water partition coefficient (Wildman–Crippen LogP) is 1.45. The fourth-order valence-electron chi connectivity index (χ4n) is 1.96. The molecule has 0 spiro atoms. The van der Waals surface area contributed by atoms with Crippen molar-refractivity contribution in [2.45, 2.75) is 43.4 Å². The second kappa shape index (κ2) is 6.33. The van der Waals surface area contributed by atoms with E-state index in [1.165, 1.54) is 19.3 Å². The molecule has 0 radical (unpaired) electrons. The van der Waals surface area contributed by atoms with Crippen LogP contribution in [0.2, 0.25) is 0 Å². The summed E-state index contributed by atoms with van der Waals surface area (Å²) in [7, 11) is 0. The van der Waals surface area contributed by atoms with Gasteiger partial charge >= 0.3 is 0 Å². The maximum absolute atomic E-state index is 11.5. The van der Waals surface area contributed by atoms with Gasteiger partial charge in [-0.1, -0.05) is 25.1 Å². The predicted molar refractivity (Wildman–Crippen MR) is 69.1 cm³/mol. The molecule has 0 saturated heterocycles. The van der Waals surface area contributed by atoms with Crippen molar-refractivity contribution in [2.24, 2.45) is 5.73 Å². The van der Waals surface area contributed by atoms with Crippen LogP contribution in [0.4, 0.5) is 0 Å². The molecule has 0 heterocycles. The van der Waals surface area contributed by atoms with Crippen LogP contribution in [0.1, 0.15) is 32.1 Å². The molecule has 2 unspecified atom stereocenters. The first-order chi connectivity index (χ1) is 7.13. The summed E-state index contributed by atoms with van der Waals surface area (Å²) in [6, 6.07) is 0.301. The third-order valence-corrected chi connectivity index (χ3v) is 4.00.